The maximum Gasteiger partial charge on any atom is 0.295 e. The number of hydrogen-bond acceptors (Lipinski definition) is 6. The number of aliphatic hydroxyl groups is 1. The smallest absolute Gasteiger partial charge is 0.295 e. The molecule has 27 heavy (non-hydrogen) atoms. The molecular weight excluding hydrogens is 342 g/mol. The minimum atomic E-state index is -0.341. The molecule has 5 rings (SSSR count). The van der Waals surface area contributed by atoms with Gasteiger partial charge in [0.2, 0.25) is 0 Å². The lowest BCUT2D eigenvalue weighted by Crippen LogP contribution is -2.36. The number of anilines is 1. The van der Waals surface area contributed by atoms with Gasteiger partial charge in [-0.15, -0.1) is 0 Å². The van der Waals surface area contributed by atoms with Gasteiger partial charge in [-0.1, -0.05) is 18.9 Å². The van der Waals surface area contributed by atoms with Gasteiger partial charge in [-0.3, -0.25) is 0 Å². The summed E-state index contributed by atoms with van der Waals surface area (Å²) in [6, 6.07) is 10.3. The number of aliphatic hydroxyl groups excluding tert-OH is 1. The van der Waals surface area contributed by atoms with E-state index in [1.807, 2.05) is 41.0 Å². The summed E-state index contributed by atoms with van der Waals surface area (Å²) in [5.41, 5.74) is 4.51. The van der Waals surface area contributed by atoms with Gasteiger partial charge in [0, 0.05) is 12.6 Å². The standard InChI is InChI=1S/C20H21N5O2/c26-17-5-2-1-4-15(17)23-20-24-16-8-7-13(11-18(16)27-20)10-14-12-21-19-6-3-9-22-25(14)19/h3,6-9,11-12,15,17,26H,1-2,4-5,10H2,(H,23,24)/t15-,17-/m1/s1. The molecule has 4 aromatic rings. The normalized spacial score (nSPS) is 20.3. The third kappa shape index (κ3) is 3.14. The van der Waals surface area contributed by atoms with E-state index in [1.165, 1.54) is 0 Å². The Balaban J connectivity index is 1.39. The minimum Gasteiger partial charge on any atom is -0.424 e. The van der Waals surface area contributed by atoms with Crippen molar-refractivity contribution in [2.24, 2.45) is 0 Å². The van der Waals surface area contributed by atoms with Gasteiger partial charge in [-0.25, -0.2) is 9.50 Å². The zero-order chi connectivity index (χ0) is 18.2. The average Bonchev–Trinajstić information content (AvgIpc) is 3.27. The van der Waals surface area contributed by atoms with Gasteiger partial charge in [-0.2, -0.15) is 10.1 Å². The molecule has 1 saturated carbocycles. The van der Waals surface area contributed by atoms with Crippen LogP contribution in [0.4, 0.5) is 6.01 Å². The second-order valence-corrected chi connectivity index (χ2v) is 7.14. The van der Waals surface area contributed by atoms with E-state index in [1.54, 1.807) is 6.20 Å². The van der Waals surface area contributed by atoms with Crippen LogP contribution in [0.15, 0.2) is 47.1 Å². The fourth-order valence-electron chi connectivity index (χ4n) is 3.79. The fourth-order valence-corrected chi connectivity index (χ4v) is 3.79. The number of nitrogens with zero attached hydrogens (tertiary/aromatic N) is 4. The Morgan fingerprint density at radius 3 is 3.07 bits per heavy atom. The first-order valence-electron chi connectivity index (χ1n) is 9.38. The van der Waals surface area contributed by atoms with Crippen LogP contribution in [0.1, 0.15) is 36.9 Å². The van der Waals surface area contributed by atoms with Crippen molar-refractivity contribution in [2.75, 3.05) is 5.32 Å². The number of oxazole rings is 1. The molecule has 3 heterocycles. The monoisotopic (exact) mass is 363 g/mol. The molecule has 1 fully saturated rings. The van der Waals surface area contributed by atoms with E-state index in [0.29, 0.717) is 12.4 Å². The van der Waals surface area contributed by atoms with E-state index in [2.05, 4.69) is 20.4 Å². The summed E-state index contributed by atoms with van der Waals surface area (Å²) in [7, 11) is 0. The highest BCUT2D eigenvalue weighted by Crippen LogP contribution is 2.25. The van der Waals surface area contributed by atoms with Gasteiger partial charge >= 0.3 is 0 Å². The summed E-state index contributed by atoms with van der Waals surface area (Å²) in [5.74, 6) is 0. The van der Waals surface area contributed by atoms with Crippen molar-refractivity contribution in [3.63, 3.8) is 0 Å². The molecule has 7 heteroatoms. The minimum absolute atomic E-state index is 0.00974. The Kier molecular flexibility index (Phi) is 4.01. The average molecular weight is 363 g/mol. The first kappa shape index (κ1) is 16.3. The van der Waals surface area contributed by atoms with E-state index in [0.717, 1.165) is 53.7 Å². The van der Waals surface area contributed by atoms with Crippen LogP contribution in [0, 0.1) is 0 Å². The molecule has 0 radical (unpaired) electrons. The molecule has 0 saturated heterocycles. The van der Waals surface area contributed by atoms with Crippen molar-refractivity contribution in [1.29, 1.82) is 0 Å². The number of nitrogens with one attached hydrogen (secondary N) is 1. The molecule has 0 spiro atoms. The van der Waals surface area contributed by atoms with E-state index >= 15 is 0 Å². The van der Waals surface area contributed by atoms with Crippen LogP contribution in [0.25, 0.3) is 16.7 Å². The van der Waals surface area contributed by atoms with Crippen LogP contribution in [0.2, 0.25) is 0 Å². The van der Waals surface area contributed by atoms with Crippen LogP contribution in [0.3, 0.4) is 0 Å². The molecular formula is C20H21N5O2. The van der Waals surface area contributed by atoms with Crippen LogP contribution in [-0.4, -0.2) is 36.8 Å². The topological polar surface area (TPSA) is 88.5 Å². The number of rotatable bonds is 4. The highest BCUT2D eigenvalue weighted by Gasteiger charge is 2.24. The van der Waals surface area contributed by atoms with Gasteiger partial charge in [0.15, 0.2) is 11.2 Å². The number of benzene rings is 1. The first-order valence-corrected chi connectivity index (χ1v) is 9.38. The maximum atomic E-state index is 10.1. The Morgan fingerprint density at radius 1 is 1.22 bits per heavy atom. The zero-order valence-electron chi connectivity index (χ0n) is 14.9. The highest BCUT2D eigenvalue weighted by atomic mass is 16.4. The van der Waals surface area contributed by atoms with Gasteiger partial charge in [0.25, 0.3) is 6.01 Å². The van der Waals surface area contributed by atoms with E-state index in [4.69, 9.17) is 4.42 Å². The van der Waals surface area contributed by atoms with Crippen molar-refractivity contribution in [3.8, 4) is 0 Å². The quantitative estimate of drug-likeness (QED) is 0.579. The lowest BCUT2D eigenvalue weighted by Gasteiger charge is -2.27. The van der Waals surface area contributed by atoms with E-state index in [9.17, 15) is 5.11 Å². The molecule has 3 aromatic heterocycles. The number of aromatic nitrogens is 4. The van der Waals surface area contributed by atoms with E-state index in [-0.39, 0.29) is 12.1 Å². The van der Waals surface area contributed by atoms with Crippen LogP contribution in [0.5, 0.6) is 0 Å². The third-order valence-electron chi connectivity index (χ3n) is 5.22. The SMILES string of the molecule is O[C@@H]1CCCC[C@H]1Nc1nc2ccc(Cc3cnc4cccnn34)cc2o1. The lowest BCUT2D eigenvalue weighted by atomic mass is 9.93. The molecule has 2 atom stereocenters. The molecule has 1 aliphatic rings. The van der Waals surface area contributed by atoms with Crippen molar-refractivity contribution < 1.29 is 9.52 Å². The van der Waals surface area contributed by atoms with Crippen molar-refractivity contribution in [2.45, 2.75) is 44.2 Å². The largest absolute Gasteiger partial charge is 0.424 e. The summed E-state index contributed by atoms with van der Waals surface area (Å²) in [5, 5.41) is 17.8. The van der Waals surface area contributed by atoms with Crippen molar-refractivity contribution >= 4 is 22.8 Å². The third-order valence-corrected chi connectivity index (χ3v) is 5.22. The summed E-state index contributed by atoms with van der Waals surface area (Å²) in [6.07, 6.45) is 7.94. The molecule has 0 aliphatic heterocycles. The molecule has 0 amide bonds. The van der Waals surface area contributed by atoms with Gasteiger partial charge < -0.3 is 14.8 Å². The lowest BCUT2D eigenvalue weighted by molar-refractivity contribution is 0.115. The first-order chi connectivity index (χ1) is 13.3. The second kappa shape index (κ2) is 6.66. The molecule has 1 aromatic carbocycles. The maximum absolute atomic E-state index is 10.1. The Bertz CT molecular complexity index is 1090. The van der Waals surface area contributed by atoms with Crippen molar-refractivity contribution in [3.05, 3.63) is 54.0 Å². The second-order valence-electron chi connectivity index (χ2n) is 7.14. The summed E-state index contributed by atoms with van der Waals surface area (Å²) in [4.78, 5) is 8.89. The summed E-state index contributed by atoms with van der Waals surface area (Å²) in [6.45, 7) is 0. The van der Waals surface area contributed by atoms with Gasteiger partial charge in [-0.05, 0) is 42.7 Å². The molecule has 2 N–H and O–H groups in total. The number of fused-ring (bicyclic) bond motifs is 2. The molecule has 138 valence electrons. The number of hydrogen-bond donors (Lipinski definition) is 2. The van der Waals surface area contributed by atoms with Crippen molar-refractivity contribution in [1.82, 2.24) is 19.6 Å². The van der Waals surface area contributed by atoms with Crippen LogP contribution in [-0.2, 0) is 6.42 Å². The molecule has 7 nitrogen and oxygen atoms in total. The predicted octanol–water partition coefficient (Wildman–Crippen LogP) is 3.18. The summed E-state index contributed by atoms with van der Waals surface area (Å²) < 4.78 is 7.74. The number of imidazole rings is 1. The predicted molar refractivity (Wildman–Crippen MR) is 102 cm³/mol. The fraction of sp³-hybridized carbons (Fsp3) is 0.350. The summed E-state index contributed by atoms with van der Waals surface area (Å²) >= 11 is 0. The molecule has 1 aliphatic carbocycles. The molecule has 0 bridgehead atoms. The Hall–Kier alpha value is -2.93. The molecule has 0 unspecified atom stereocenters. The zero-order valence-corrected chi connectivity index (χ0v) is 14.9. The van der Waals surface area contributed by atoms with Crippen LogP contribution >= 0.6 is 0 Å². The highest BCUT2D eigenvalue weighted by molar-refractivity contribution is 5.75. The Labute approximate surface area is 156 Å². The van der Waals surface area contributed by atoms with Gasteiger partial charge in [0.05, 0.1) is 24.0 Å². The van der Waals surface area contributed by atoms with Crippen LogP contribution < -0.4 is 5.32 Å². The van der Waals surface area contributed by atoms with Gasteiger partial charge in [0.1, 0.15) is 5.52 Å². The Morgan fingerprint density at radius 2 is 2.15 bits per heavy atom. The van der Waals surface area contributed by atoms with E-state index < -0.39 is 0 Å².